The molecule has 7 nitrogen and oxygen atoms in total. The number of nitrogens with zero attached hydrogens (tertiary/aromatic N) is 1. The van der Waals surface area contributed by atoms with Crippen molar-refractivity contribution in [2.75, 3.05) is 39.4 Å². The van der Waals surface area contributed by atoms with Crippen molar-refractivity contribution in [3.05, 3.63) is 0 Å². The van der Waals surface area contributed by atoms with Crippen LogP contribution in [-0.2, 0) is 14.3 Å². The highest BCUT2D eigenvalue weighted by molar-refractivity contribution is 5.81. The standard InChI is InChI=1S/C19H37N3O4/c1-18(2,3)20-6-7-22-8-9-25-16(17(22)24)11-19(4,5)21-12-15-10-14(23)13-26-15/h14-16,20-21,23H,6-13H2,1-5H3. The number of ether oxygens (including phenoxy) is 2. The van der Waals surface area contributed by atoms with E-state index in [0.717, 1.165) is 6.54 Å². The average Bonchev–Trinajstić information content (AvgIpc) is 2.93. The van der Waals surface area contributed by atoms with E-state index in [9.17, 15) is 9.90 Å². The fraction of sp³-hybridized carbons (Fsp3) is 0.947. The number of aliphatic hydroxyl groups excluding tert-OH is 1. The Morgan fingerprint density at radius 2 is 1.92 bits per heavy atom. The highest BCUT2D eigenvalue weighted by Gasteiger charge is 2.35. The van der Waals surface area contributed by atoms with Gasteiger partial charge in [-0.2, -0.15) is 0 Å². The molecule has 3 atom stereocenters. The molecule has 2 heterocycles. The Balaban J connectivity index is 1.78. The zero-order chi connectivity index (χ0) is 19.4. The van der Waals surface area contributed by atoms with Crippen LogP contribution in [0.3, 0.4) is 0 Å². The lowest BCUT2D eigenvalue weighted by molar-refractivity contribution is -0.154. The Kier molecular flexibility index (Phi) is 7.44. The van der Waals surface area contributed by atoms with Gasteiger partial charge in [0, 0.05) is 50.1 Å². The van der Waals surface area contributed by atoms with Crippen molar-refractivity contribution in [3.63, 3.8) is 0 Å². The summed E-state index contributed by atoms with van der Waals surface area (Å²) in [5, 5.41) is 16.4. The minimum atomic E-state index is -0.407. The topological polar surface area (TPSA) is 83.1 Å². The molecule has 0 aliphatic carbocycles. The SMILES string of the molecule is CC(C)(C)NCCN1CCOC(CC(C)(C)NCC2CC(O)CO2)C1=O. The summed E-state index contributed by atoms with van der Waals surface area (Å²) in [6.45, 7) is 14.3. The van der Waals surface area contributed by atoms with Gasteiger partial charge in [-0.25, -0.2) is 0 Å². The average molecular weight is 372 g/mol. The highest BCUT2D eigenvalue weighted by atomic mass is 16.5. The van der Waals surface area contributed by atoms with E-state index >= 15 is 0 Å². The van der Waals surface area contributed by atoms with Gasteiger partial charge in [0.15, 0.2) is 0 Å². The van der Waals surface area contributed by atoms with Gasteiger partial charge in [-0.15, -0.1) is 0 Å². The molecule has 1 amide bonds. The van der Waals surface area contributed by atoms with Crippen molar-refractivity contribution in [1.29, 1.82) is 0 Å². The minimum Gasteiger partial charge on any atom is -0.391 e. The molecule has 2 rings (SSSR count). The first-order valence-corrected chi connectivity index (χ1v) is 9.76. The predicted octanol–water partition coefficient (Wildman–Crippen LogP) is 0.510. The van der Waals surface area contributed by atoms with Crippen molar-refractivity contribution < 1.29 is 19.4 Å². The van der Waals surface area contributed by atoms with Crippen LogP contribution in [0.15, 0.2) is 0 Å². The quantitative estimate of drug-likeness (QED) is 0.577. The second kappa shape index (κ2) is 8.97. The normalized spacial score (nSPS) is 28.0. The molecule has 0 spiro atoms. The molecule has 0 bridgehead atoms. The van der Waals surface area contributed by atoms with Gasteiger partial charge in [0.2, 0.25) is 0 Å². The van der Waals surface area contributed by atoms with Crippen LogP contribution in [0.25, 0.3) is 0 Å². The third kappa shape index (κ3) is 7.12. The van der Waals surface area contributed by atoms with Gasteiger partial charge in [0.1, 0.15) is 6.10 Å². The first-order chi connectivity index (χ1) is 12.1. The predicted molar refractivity (Wildman–Crippen MR) is 101 cm³/mol. The van der Waals surface area contributed by atoms with E-state index in [1.807, 2.05) is 4.90 Å². The molecular formula is C19H37N3O4. The van der Waals surface area contributed by atoms with Crippen LogP contribution in [0.5, 0.6) is 0 Å². The van der Waals surface area contributed by atoms with Gasteiger partial charge >= 0.3 is 0 Å². The third-order valence-corrected chi connectivity index (χ3v) is 4.87. The monoisotopic (exact) mass is 371 g/mol. The van der Waals surface area contributed by atoms with Crippen LogP contribution in [-0.4, -0.2) is 84.7 Å². The Labute approximate surface area is 157 Å². The summed E-state index contributed by atoms with van der Waals surface area (Å²) < 4.78 is 11.3. The lowest BCUT2D eigenvalue weighted by atomic mass is 9.94. The van der Waals surface area contributed by atoms with E-state index in [1.165, 1.54) is 0 Å². The number of hydrogen-bond acceptors (Lipinski definition) is 6. The summed E-state index contributed by atoms with van der Waals surface area (Å²) in [5.41, 5.74) is -0.194. The van der Waals surface area contributed by atoms with Gasteiger partial charge < -0.3 is 30.1 Å². The van der Waals surface area contributed by atoms with Gasteiger partial charge in [-0.3, -0.25) is 4.79 Å². The molecule has 2 aliphatic rings. The number of nitrogens with one attached hydrogen (secondary N) is 2. The third-order valence-electron chi connectivity index (χ3n) is 4.87. The maximum absolute atomic E-state index is 12.7. The molecular weight excluding hydrogens is 334 g/mol. The first-order valence-electron chi connectivity index (χ1n) is 9.76. The van der Waals surface area contributed by atoms with Gasteiger partial charge in [0.25, 0.3) is 5.91 Å². The largest absolute Gasteiger partial charge is 0.391 e. The highest BCUT2D eigenvalue weighted by Crippen LogP contribution is 2.20. The van der Waals surface area contributed by atoms with Crippen LogP contribution in [0.4, 0.5) is 0 Å². The second-order valence-electron chi connectivity index (χ2n) is 9.18. The molecule has 0 saturated carbocycles. The second-order valence-corrected chi connectivity index (χ2v) is 9.18. The van der Waals surface area contributed by atoms with E-state index in [-0.39, 0.29) is 29.2 Å². The zero-order valence-corrected chi connectivity index (χ0v) is 17.0. The molecule has 2 fully saturated rings. The Bertz CT molecular complexity index is 464. The molecule has 26 heavy (non-hydrogen) atoms. The number of amides is 1. The molecule has 2 saturated heterocycles. The molecule has 0 radical (unpaired) electrons. The number of carbonyl (C=O) groups is 1. The van der Waals surface area contributed by atoms with Crippen LogP contribution in [0.2, 0.25) is 0 Å². The van der Waals surface area contributed by atoms with Gasteiger partial charge in [-0.1, -0.05) is 0 Å². The molecule has 3 N–H and O–H groups in total. The van der Waals surface area contributed by atoms with Crippen molar-refractivity contribution in [1.82, 2.24) is 15.5 Å². The fourth-order valence-electron chi connectivity index (χ4n) is 3.38. The van der Waals surface area contributed by atoms with E-state index in [2.05, 4.69) is 45.3 Å². The summed E-state index contributed by atoms with van der Waals surface area (Å²) >= 11 is 0. The molecule has 0 aromatic heterocycles. The Morgan fingerprint density at radius 3 is 2.54 bits per heavy atom. The summed E-state index contributed by atoms with van der Waals surface area (Å²) in [5.74, 6) is 0.0781. The molecule has 3 unspecified atom stereocenters. The van der Waals surface area contributed by atoms with Crippen LogP contribution in [0.1, 0.15) is 47.5 Å². The zero-order valence-electron chi connectivity index (χ0n) is 17.0. The number of morpholine rings is 1. The van der Waals surface area contributed by atoms with Crippen molar-refractivity contribution in [2.24, 2.45) is 0 Å². The van der Waals surface area contributed by atoms with Crippen LogP contribution >= 0.6 is 0 Å². The summed E-state index contributed by atoms with van der Waals surface area (Å²) in [4.78, 5) is 14.7. The number of aliphatic hydroxyl groups is 1. The molecule has 7 heteroatoms. The Hall–Kier alpha value is -0.730. The molecule has 2 aliphatic heterocycles. The van der Waals surface area contributed by atoms with E-state index < -0.39 is 6.10 Å². The van der Waals surface area contributed by atoms with E-state index in [1.54, 1.807) is 0 Å². The number of carbonyl (C=O) groups excluding carboxylic acids is 1. The van der Waals surface area contributed by atoms with Gasteiger partial charge in [0.05, 0.1) is 25.4 Å². The Morgan fingerprint density at radius 1 is 1.19 bits per heavy atom. The number of hydrogen-bond donors (Lipinski definition) is 3. The minimum absolute atomic E-state index is 0.0345. The summed E-state index contributed by atoms with van der Waals surface area (Å²) in [6, 6.07) is 0. The lowest BCUT2D eigenvalue weighted by Crippen LogP contribution is -2.54. The summed E-state index contributed by atoms with van der Waals surface area (Å²) in [6.07, 6.45) is 0.549. The molecule has 0 aromatic rings. The van der Waals surface area contributed by atoms with E-state index in [0.29, 0.717) is 45.7 Å². The summed E-state index contributed by atoms with van der Waals surface area (Å²) in [7, 11) is 0. The van der Waals surface area contributed by atoms with Gasteiger partial charge in [-0.05, 0) is 34.6 Å². The van der Waals surface area contributed by atoms with E-state index in [4.69, 9.17) is 9.47 Å². The van der Waals surface area contributed by atoms with Crippen LogP contribution < -0.4 is 10.6 Å². The van der Waals surface area contributed by atoms with Crippen molar-refractivity contribution in [3.8, 4) is 0 Å². The fourth-order valence-corrected chi connectivity index (χ4v) is 3.38. The lowest BCUT2D eigenvalue weighted by Gasteiger charge is -2.37. The van der Waals surface area contributed by atoms with Crippen LogP contribution in [0, 0.1) is 0 Å². The number of rotatable bonds is 8. The maximum Gasteiger partial charge on any atom is 0.251 e. The van der Waals surface area contributed by atoms with Crippen molar-refractivity contribution in [2.45, 2.75) is 76.9 Å². The maximum atomic E-state index is 12.7. The molecule has 152 valence electrons. The van der Waals surface area contributed by atoms with Crippen molar-refractivity contribution >= 4 is 5.91 Å². The smallest absolute Gasteiger partial charge is 0.251 e. The first kappa shape index (κ1) is 21.6. The molecule has 0 aromatic carbocycles.